The number of thioether (sulfide) groups is 1. The average Bonchev–Trinajstić information content (AvgIpc) is 3.23. The highest BCUT2D eigenvalue weighted by molar-refractivity contribution is 7.99. The zero-order chi connectivity index (χ0) is 13.7. The molecule has 1 saturated carbocycles. The maximum Gasteiger partial charge on any atom is 0.306 e. The molecule has 0 radical (unpaired) electrons. The second-order valence-electron chi connectivity index (χ2n) is 4.47. The number of pyridine rings is 1. The largest absolute Gasteiger partial charge is 0.476 e. The van der Waals surface area contributed by atoms with Gasteiger partial charge in [-0.1, -0.05) is 0 Å². The normalized spacial score (nSPS) is 14.2. The van der Waals surface area contributed by atoms with E-state index in [-0.39, 0.29) is 5.97 Å². The van der Waals surface area contributed by atoms with Gasteiger partial charge in [-0.15, -0.1) is 11.8 Å². The molecular weight excluding hydrogens is 264 g/mol. The van der Waals surface area contributed by atoms with Crippen molar-refractivity contribution in [3.8, 4) is 5.88 Å². The number of hydrogen-bond acceptors (Lipinski definition) is 6. The molecular formula is C13H18N2O3S. The fourth-order valence-corrected chi connectivity index (χ4v) is 2.24. The van der Waals surface area contributed by atoms with Crippen LogP contribution in [0.15, 0.2) is 17.2 Å². The minimum absolute atomic E-state index is 0.215. The van der Waals surface area contributed by atoms with Crippen LogP contribution in [0.5, 0.6) is 5.88 Å². The van der Waals surface area contributed by atoms with E-state index in [0.29, 0.717) is 36.3 Å². The van der Waals surface area contributed by atoms with Crippen LogP contribution in [-0.4, -0.2) is 30.4 Å². The molecule has 104 valence electrons. The lowest BCUT2D eigenvalue weighted by Crippen LogP contribution is -2.04. The Labute approximate surface area is 116 Å². The minimum Gasteiger partial charge on any atom is -0.476 e. The molecule has 0 unspecified atom stereocenters. The van der Waals surface area contributed by atoms with Crippen molar-refractivity contribution in [3.63, 3.8) is 0 Å². The summed E-state index contributed by atoms with van der Waals surface area (Å²) in [7, 11) is 1.39. The topological polar surface area (TPSA) is 74.4 Å². The first-order valence-electron chi connectivity index (χ1n) is 6.28. The van der Waals surface area contributed by atoms with Gasteiger partial charge in [0.25, 0.3) is 0 Å². The van der Waals surface area contributed by atoms with E-state index in [0.717, 1.165) is 5.03 Å². The third kappa shape index (κ3) is 4.63. The van der Waals surface area contributed by atoms with Gasteiger partial charge in [-0.05, 0) is 30.9 Å². The van der Waals surface area contributed by atoms with Crippen LogP contribution in [0, 0.1) is 5.92 Å². The summed E-state index contributed by atoms with van der Waals surface area (Å²) in [4.78, 5) is 15.4. The number of ether oxygens (including phenoxy) is 2. The van der Waals surface area contributed by atoms with Crippen LogP contribution < -0.4 is 10.5 Å². The first kappa shape index (κ1) is 14.0. The molecule has 0 aromatic carbocycles. The van der Waals surface area contributed by atoms with Gasteiger partial charge in [0.05, 0.1) is 25.8 Å². The lowest BCUT2D eigenvalue weighted by molar-refractivity contribution is -0.140. The van der Waals surface area contributed by atoms with Gasteiger partial charge < -0.3 is 15.2 Å². The van der Waals surface area contributed by atoms with E-state index in [1.165, 1.54) is 31.7 Å². The smallest absolute Gasteiger partial charge is 0.306 e. The highest BCUT2D eigenvalue weighted by Gasteiger charge is 2.22. The SMILES string of the molecule is COC(=O)CCSc1ccc(N)c(OCC2CC2)n1. The number of nitrogen functional groups attached to an aromatic ring is 1. The molecule has 2 rings (SSSR count). The molecule has 0 amide bonds. The summed E-state index contributed by atoms with van der Waals surface area (Å²) in [6.45, 7) is 0.688. The number of rotatable bonds is 7. The van der Waals surface area contributed by atoms with Crippen LogP contribution in [0.25, 0.3) is 0 Å². The molecule has 1 fully saturated rings. The molecule has 1 aromatic rings. The first-order chi connectivity index (χ1) is 9.19. The standard InChI is InChI=1S/C13H18N2O3S/c1-17-12(16)6-7-19-11-5-4-10(14)13(15-11)18-8-9-2-3-9/h4-5,9H,2-3,6-8,14H2,1H3. The van der Waals surface area contributed by atoms with Crippen molar-refractivity contribution < 1.29 is 14.3 Å². The van der Waals surface area contributed by atoms with Crippen molar-refractivity contribution >= 4 is 23.4 Å². The molecule has 5 nitrogen and oxygen atoms in total. The molecule has 1 heterocycles. The summed E-state index contributed by atoms with van der Waals surface area (Å²) >= 11 is 1.49. The van der Waals surface area contributed by atoms with E-state index in [1.54, 1.807) is 6.07 Å². The Hall–Kier alpha value is -1.43. The van der Waals surface area contributed by atoms with E-state index in [4.69, 9.17) is 10.5 Å². The van der Waals surface area contributed by atoms with Crippen LogP contribution in [0.1, 0.15) is 19.3 Å². The Kier molecular flexibility index (Phi) is 4.90. The van der Waals surface area contributed by atoms with Crippen LogP contribution in [-0.2, 0) is 9.53 Å². The van der Waals surface area contributed by atoms with Crippen molar-refractivity contribution in [2.24, 2.45) is 5.92 Å². The fraction of sp³-hybridized carbons (Fsp3) is 0.538. The molecule has 1 aromatic heterocycles. The number of nitrogens with two attached hydrogens (primary N) is 1. The van der Waals surface area contributed by atoms with Crippen LogP contribution in [0.4, 0.5) is 5.69 Å². The minimum atomic E-state index is -0.215. The van der Waals surface area contributed by atoms with Crippen LogP contribution >= 0.6 is 11.8 Å². The number of aromatic nitrogens is 1. The second kappa shape index (κ2) is 6.65. The van der Waals surface area contributed by atoms with Crippen LogP contribution in [0.3, 0.4) is 0 Å². The third-order valence-electron chi connectivity index (χ3n) is 2.80. The monoisotopic (exact) mass is 282 g/mol. The quantitative estimate of drug-likeness (QED) is 0.610. The van der Waals surface area contributed by atoms with E-state index >= 15 is 0 Å². The Morgan fingerprint density at radius 2 is 2.32 bits per heavy atom. The zero-order valence-electron chi connectivity index (χ0n) is 10.9. The maximum atomic E-state index is 11.0. The zero-order valence-corrected chi connectivity index (χ0v) is 11.7. The first-order valence-corrected chi connectivity index (χ1v) is 7.26. The summed E-state index contributed by atoms with van der Waals surface area (Å²) in [6, 6.07) is 3.62. The molecule has 0 spiro atoms. The van der Waals surface area contributed by atoms with E-state index in [1.807, 2.05) is 6.07 Å². The average molecular weight is 282 g/mol. The Morgan fingerprint density at radius 3 is 3.00 bits per heavy atom. The number of esters is 1. The number of carbonyl (C=O) groups is 1. The van der Waals surface area contributed by atoms with Gasteiger partial charge in [-0.25, -0.2) is 4.98 Å². The van der Waals surface area contributed by atoms with Crippen molar-refractivity contribution in [1.82, 2.24) is 4.98 Å². The number of nitrogens with zero attached hydrogens (tertiary/aromatic N) is 1. The molecule has 6 heteroatoms. The molecule has 0 aliphatic heterocycles. The van der Waals surface area contributed by atoms with E-state index in [2.05, 4.69) is 9.72 Å². The fourth-order valence-electron chi connectivity index (χ4n) is 1.45. The third-order valence-corrected chi connectivity index (χ3v) is 3.73. The lowest BCUT2D eigenvalue weighted by atomic mass is 10.4. The second-order valence-corrected chi connectivity index (χ2v) is 5.59. The van der Waals surface area contributed by atoms with Gasteiger partial charge in [0.2, 0.25) is 5.88 Å². The van der Waals surface area contributed by atoms with Gasteiger partial charge in [-0.3, -0.25) is 4.79 Å². The van der Waals surface area contributed by atoms with E-state index < -0.39 is 0 Å². The van der Waals surface area contributed by atoms with Crippen molar-refractivity contribution in [2.75, 3.05) is 25.2 Å². The van der Waals surface area contributed by atoms with Crippen molar-refractivity contribution in [3.05, 3.63) is 12.1 Å². The van der Waals surface area contributed by atoms with Crippen molar-refractivity contribution in [1.29, 1.82) is 0 Å². The predicted octanol–water partition coefficient (Wildman–Crippen LogP) is 2.11. The van der Waals surface area contributed by atoms with Gasteiger partial charge >= 0.3 is 5.97 Å². The highest BCUT2D eigenvalue weighted by atomic mass is 32.2. The van der Waals surface area contributed by atoms with Gasteiger partial charge in [0.1, 0.15) is 5.03 Å². The number of methoxy groups -OCH3 is 1. The number of carbonyl (C=O) groups excluding carboxylic acids is 1. The van der Waals surface area contributed by atoms with Crippen molar-refractivity contribution in [2.45, 2.75) is 24.3 Å². The van der Waals surface area contributed by atoms with Gasteiger partial charge in [0, 0.05) is 5.75 Å². The van der Waals surface area contributed by atoms with Gasteiger partial charge in [0.15, 0.2) is 0 Å². The summed E-state index contributed by atoms with van der Waals surface area (Å²) in [5, 5.41) is 0.809. The Balaban J connectivity index is 1.85. The molecule has 1 aliphatic carbocycles. The molecule has 1 aliphatic rings. The Bertz CT molecular complexity index is 450. The molecule has 19 heavy (non-hydrogen) atoms. The molecule has 2 N–H and O–H groups in total. The predicted molar refractivity (Wildman–Crippen MR) is 74.2 cm³/mol. The van der Waals surface area contributed by atoms with E-state index in [9.17, 15) is 4.79 Å². The van der Waals surface area contributed by atoms with Crippen LogP contribution in [0.2, 0.25) is 0 Å². The number of anilines is 1. The Morgan fingerprint density at radius 1 is 1.53 bits per heavy atom. The molecule has 0 atom stereocenters. The number of hydrogen-bond donors (Lipinski definition) is 1. The van der Waals surface area contributed by atoms with Gasteiger partial charge in [-0.2, -0.15) is 0 Å². The molecule has 0 saturated heterocycles. The summed E-state index contributed by atoms with van der Waals surface area (Å²) in [5.74, 6) is 1.58. The molecule has 0 bridgehead atoms. The lowest BCUT2D eigenvalue weighted by Gasteiger charge is -2.08. The summed E-state index contributed by atoms with van der Waals surface area (Å²) in [5.41, 5.74) is 6.38. The summed E-state index contributed by atoms with van der Waals surface area (Å²) < 4.78 is 10.2. The maximum absolute atomic E-state index is 11.0. The highest BCUT2D eigenvalue weighted by Crippen LogP contribution is 2.31. The summed E-state index contributed by atoms with van der Waals surface area (Å²) in [6.07, 6.45) is 2.83.